The van der Waals surface area contributed by atoms with E-state index in [4.69, 9.17) is 0 Å². The highest BCUT2D eigenvalue weighted by Gasteiger charge is 2.12. The molecule has 1 aromatic rings. The van der Waals surface area contributed by atoms with Gasteiger partial charge in [0.2, 0.25) is 0 Å². The molecule has 0 aromatic carbocycles. The number of aromatic nitrogens is 2. The topological polar surface area (TPSA) is 17.8 Å². The van der Waals surface area contributed by atoms with Crippen LogP contribution in [-0.4, -0.2) is 9.55 Å². The maximum Gasteiger partial charge on any atom is 0.108 e. The maximum absolute atomic E-state index is 4.51. The summed E-state index contributed by atoms with van der Waals surface area (Å²) in [7, 11) is 2.11. The van der Waals surface area contributed by atoms with Crippen LogP contribution in [0.2, 0.25) is 0 Å². The van der Waals surface area contributed by atoms with Crippen LogP contribution in [0.3, 0.4) is 0 Å². The fourth-order valence-electron chi connectivity index (χ4n) is 1.83. The van der Waals surface area contributed by atoms with Gasteiger partial charge in [-0.2, -0.15) is 0 Å². The number of hydrogen-bond acceptors (Lipinski definition) is 1. The van der Waals surface area contributed by atoms with E-state index in [1.807, 2.05) is 0 Å². The monoisotopic (exact) mass is 166 g/mol. The molecule has 12 heavy (non-hydrogen) atoms. The van der Waals surface area contributed by atoms with Gasteiger partial charge in [0.25, 0.3) is 0 Å². The molecule has 0 atom stereocenters. The van der Waals surface area contributed by atoms with E-state index in [9.17, 15) is 0 Å². The van der Waals surface area contributed by atoms with E-state index >= 15 is 0 Å². The molecule has 0 saturated carbocycles. The lowest BCUT2D eigenvalue weighted by Crippen LogP contribution is -2.02. The lowest BCUT2D eigenvalue weighted by atomic mass is 10.1. The van der Waals surface area contributed by atoms with Gasteiger partial charge in [0.15, 0.2) is 0 Å². The maximum atomic E-state index is 4.51. The van der Waals surface area contributed by atoms with Gasteiger partial charge >= 0.3 is 0 Å². The standard InChI is InChI=1S/C10H18N2/c1-6-9-11-8(4)10(7(2)3)12(9)5/h7H,6H2,1-5H3. The molecule has 0 amide bonds. The summed E-state index contributed by atoms with van der Waals surface area (Å²) >= 11 is 0. The third kappa shape index (κ3) is 1.38. The minimum Gasteiger partial charge on any atom is -0.335 e. The number of nitrogens with zero attached hydrogens (tertiary/aromatic N) is 2. The Kier molecular flexibility index (Phi) is 2.55. The predicted octanol–water partition coefficient (Wildman–Crippen LogP) is 2.41. The summed E-state index contributed by atoms with van der Waals surface area (Å²) in [5.41, 5.74) is 2.55. The van der Waals surface area contributed by atoms with Crippen molar-refractivity contribution in [3.8, 4) is 0 Å². The first-order chi connectivity index (χ1) is 5.57. The van der Waals surface area contributed by atoms with Gasteiger partial charge in [-0.15, -0.1) is 0 Å². The molecule has 2 heteroatoms. The van der Waals surface area contributed by atoms with Crippen molar-refractivity contribution < 1.29 is 0 Å². The van der Waals surface area contributed by atoms with Crippen LogP contribution in [0.25, 0.3) is 0 Å². The molecule has 0 spiro atoms. The van der Waals surface area contributed by atoms with Crippen LogP contribution in [-0.2, 0) is 13.5 Å². The number of rotatable bonds is 2. The molecule has 0 fully saturated rings. The van der Waals surface area contributed by atoms with Gasteiger partial charge < -0.3 is 4.57 Å². The van der Waals surface area contributed by atoms with Crippen molar-refractivity contribution in [2.75, 3.05) is 0 Å². The Morgan fingerprint density at radius 2 is 2.00 bits per heavy atom. The Hall–Kier alpha value is -0.790. The van der Waals surface area contributed by atoms with Crippen molar-refractivity contribution in [2.24, 2.45) is 7.05 Å². The number of hydrogen-bond donors (Lipinski definition) is 0. The van der Waals surface area contributed by atoms with Crippen molar-refractivity contribution in [2.45, 2.75) is 40.0 Å². The normalized spacial score (nSPS) is 11.2. The van der Waals surface area contributed by atoms with Gasteiger partial charge in [-0.3, -0.25) is 0 Å². The quantitative estimate of drug-likeness (QED) is 0.659. The van der Waals surface area contributed by atoms with Crippen LogP contribution in [0, 0.1) is 6.92 Å². The van der Waals surface area contributed by atoms with Crippen LogP contribution in [0.4, 0.5) is 0 Å². The lowest BCUT2D eigenvalue weighted by Gasteiger charge is -2.08. The highest BCUT2D eigenvalue weighted by Crippen LogP contribution is 2.19. The SMILES string of the molecule is CCc1nc(C)c(C(C)C)n1C. The molecule has 2 nitrogen and oxygen atoms in total. The molecule has 68 valence electrons. The molecule has 1 rings (SSSR count). The molecule has 0 aliphatic carbocycles. The zero-order valence-corrected chi connectivity index (χ0v) is 8.68. The van der Waals surface area contributed by atoms with Crippen LogP contribution in [0.15, 0.2) is 0 Å². The van der Waals surface area contributed by atoms with Crippen molar-refractivity contribution in [1.29, 1.82) is 0 Å². The van der Waals surface area contributed by atoms with Crippen molar-refractivity contribution in [3.05, 3.63) is 17.2 Å². The molecule has 0 aliphatic rings. The minimum atomic E-state index is 0.572. The summed E-state index contributed by atoms with van der Waals surface area (Å²) in [6.07, 6.45) is 1.02. The van der Waals surface area contributed by atoms with Crippen molar-refractivity contribution >= 4 is 0 Å². The molecule has 0 saturated heterocycles. The van der Waals surface area contributed by atoms with E-state index in [1.54, 1.807) is 0 Å². The van der Waals surface area contributed by atoms with Crippen molar-refractivity contribution in [1.82, 2.24) is 9.55 Å². The Labute approximate surface area is 74.6 Å². The second-order valence-electron chi connectivity index (χ2n) is 3.57. The summed E-state index contributed by atoms with van der Waals surface area (Å²) in [5, 5.41) is 0. The van der Waals surface area contributed by atoms with Gasteiger partial charge in [0.05, 0.1) is 5.69 Å². The summed E-state index contributed by atoms with van der Waals surface area (Å²) < 4.78 is 2.22. The zero-order valence-electron chi connectivity index (χ0n) is 8.68. The Bertz CT molecular complexity index is 272. The largest absolute Gasteiger partial charge is 0.335 e. The van der Waals surface area contributed by atoms with E-state index in [0.717, 1.165) is 6.42 Å². The van der Waals surface area contributed by atoms with E-state index in [2.05, 4.69) is 44.3 Å². The first-order valence-electron chi connectivity index (χ1n) is 4.60. The molecule has 0 bridgehead atoms. The second kappa shape index (κ2) is 3.30. The molecule has 1 heterocycles. The smallest absolute Gasteiger partial charge is 0.108 e. The fraction of sp³-hybridized carbons (Fsp3) is 0.700. The van der Waals surface area contributed by atoms with Gasteiger partial charge in [-0.25, -0.2) is 4.98 Å². The zero-order chi connectivity index (χ0) is 9.30. The second-order valence-corrected chi connectivity index (χ2v) is 3.57. The minimum absolute atomic E-state index is 0.572. The predicted molar refractivity (Wildman–Crippen MR) is 51.4 cm³/mol. The third-order valence-corrected chi connectivity index (χ3v) is 2.28. The van der Waals surface area contributed by atoms with Crippen LogP contribution >= 0.6 is 0 Å². The first kappa shape index (κ1) is 9.30. The summed E-state index contributed by atoms with van der Waals surface area (Å²) in [6, 6.07) is 0. The Morgan fingerprint density at radius 3 is 2.25 bits per heavy atom. The van der Waals surface area contributed by atoms with Gasteiger partial charge in [0, 0.05) is 19.2 Å². The average molecular weight is 166 g/mol. The number of aryl methyl sites for hydroxylation is 2. The molecular weight excluding hydrogens is 148 g/mol. The van der Waals surface area contributed by atoms with Gasteiger partial charge in [-0.1, -0.05) is 20.8 Å². The Balaban J connectivity index is 3.19. The van der Waals surface area contributed by atoms with E-state index in [-0.39, 0.29) is 0 Å². The van der Waals surface area contributed by atoms with E-state index in [0.29, 0.717) is 5.92 Å². The van der Waals surface area contributed by atoms with Gasteiger partial charge in [-0.05, 0) is 12.8 Å². The molecule has 1 aromatic heterocycles. The average Bonchev–Trinajstić information content (AvgIpc) is 2.25. The van der Waals surface area contributed by atoms with Crippen LogP contribution < -0.4 is 0 Å². The Morgan fingerprint density at radius 1 is 1.42 bits per heavy atom. The first-order valence-corrected chi connectivity index (χ1v) is 4.60. The van der Waals surface area contributed by atoms with Crippen molar-refractivity contribution in [3.63, 3.8) is 0 Å². The van der Waals surface area contributed by atoms with E-state index in [1.165, 1.54) is 17.2 Å². The molecule has 0 N–H and O–H groups in total. The highest BCUT2D eigenvalue weighted by atomic mass is 15.1. The highest BCUT2D eigenvalue weighted by molar-refractivity contribution is 5.18. The van der Waals surface area contributed by atoms with Crippen LogP contribution in [0.1, 0.15) is 43.9 Å². The molecule has 0 aliphatic heterocycles. The molecule has 0 unspecified atom stereocenters. The molecule has 0 radical (unpaired) electrons. The van der Waals surface area contributed by atoms with E-state index < -0.39 is 0 Å². The third-order valence-electron chi connectivity index (χ3n) is 2.28. The van der Waals surface area contributed by atoms with Gasteiger partial charge in [0.1, 0.15) is 5.82 Å². The fourth-order valence-corrected chi connectivity index (χ4v) is 1.83. The lowest BCUT2D eigenvalue weighted by molar-refractivity contribution is 0.705. The number of imidazole rings is 1. The van der Waals surface area contributed by atoms with Crippen LogP contribution in [0.5, 0.6) is 0 Å². The summed E-state index contributed by atoms with van der Waals surface area (Å²) in [5.74, 6) is 1.76. The summed E-state index contributed by atoms with van der Waals surface area (Å²) in [6.45, 7) is 8.66. The molecular formula is C10H18N2. The summed E-state index contributed by atoms with van der Waals surface area (Å²) in [4.78, 5) is 4.51.